The lowest BCUT2D eigenvalue weighted by molar-refractivity contribution is 0.0957. The lowest BCUT2D eigenvalue weighted by Crippen LogP contribution is -2.25. The van der Waals surface area contributed by atoms with Crippen molar-refractivity contribution < 1.29 is 13.2 Å². The summed E-state index contributed by atoms with van der Waals surface area (Å²) in [5.74, 6) is -0.409. The Morgan fingerprint density at radius 1 is 1.44 bits per heavy atom. The van der Waals surface area contributed by atoms with Crippen LogP contribution in [0.5, 0.6) is 0 Å². The maximum atomic E-state index is 11.7. The van der Waals surface area contributed by atoms with Crippen molar-refractivity contribution in [2.45, 2.75) is 4.90 Å². The highest BCUT2D eigenvalue weighted by atomic mass is 79.9. The van der Waals surface area contributed by atoms with Crippen LogP contribution in [0, 0.1) is 0 Å². The van der Waals surface area contributed by atoms with Gasteiger partial charge in [-0.15, -0.1) is 0 Å². The first-order valence-corrected chi connectivity index (χ1v) is 7.79. The van der Waals surface area contributed by atoms with Crippen LogP contribution in [-0.2, 0) is 10.0 Å². The molecule has 0 aromatic heterocycles. The van der Waals surface area contributed by atoms with Gasteiger partial charge < -0.3 is 5.32 Å². The van der Waals surface area contributed by atoms with Crippen molar-refractivity contribution in [2.75, 3.05) is 6.54 Å². The molecule has 0 fully saturated rings. The second-order valence-corrected chi connectivity index (χ2v) is 6.90. The van der Waals surface area contributed by atoms with E-state index in [2.05, 4.69) is 43.8 Å². The Balaban J connectivity index is 3.06. The summed E-state index contributed by atoms with van der Waals surface area (Å²) >= 11 is 6.17. The fourth-order valence-electron chi connectivity index (χ4n) is 1.14. The molecular weight excluding hydrogens is 388 g/mol. The number of carbonyl (C=O) groups is 1. The van der Waals surface area contributed by atoms with Crippen LogP contribution in [0.4, 0.5) is 0 Å². The fraction of sp³-hybridized carbons (Fsp3) is 0.100. The number of rotatable bonds is 4. The first kappa shape index (κ1) is 15.4. The Hall–Kier alpha value is -0.700. The van der Waals surface area contributed by atoms with Gasteiger partial charge in [0.2, 0.25) is 10.0 Å². The Morgan fingerprint density at radius 3 is 2.56 bits per heavy atom. The quantitative estimate of drug-likeness (QED) is 0.810. The van der Waals surface area contributed by atoms with E-state index in [0.717, 1.165) is 0 Å². The zero-order valence-corrected chi connectivity index (χ0v) is 13.1. The number of amides is 1. The average molecular weight is 398 g/mol. The molecule has 0 heterocycles. The lowest BCUT2D eigenvalue weighted by Gasteiger charge is -2.07. The number of hydrogen-bond acceptors (Lipinski definition) is 3. The zero-order chi connectivity index (χ0) is 13.9. The van der Waals surface area contributed by atoms with Gasteiger partial charge in [-0.25, -0.2) is 13.6 Å². The highest BCUT2D eigenvalue weighted by Gasteiger charge is 2.15. The summed E-state index contributed by atoms with van der Waals surface area (Å²) in [6.45, 7) is 3.82. The van der Waals surface area contributed by atoms with E-state index in [9.17, 15) is 13.2 Å². The molecule has 0 radical (unpaired) electrons. The molecule has 0 unspecified atom stereocenters. The van der Waals surface area contributed by atoms with E-state index < -0.39 is 15.9 Å². The minimum Gasteiger partial charge on any atom is -0.347 e. The minimum absolute atomic E-state index is 0.132. The summed E-state index contributed by atoms with van der Waals surface area (Å²) in [5.41, 5.74) is 0.205. The first-order chi connectivity index (χ1) is 8.21. The summed E-state index contributed by atoms with van der Waals surface area (Å²) in [5, 5.41) is 7.60. The molecule has 0 bridgehead atoms. The predicted molar refractivity (Wildman–Crippen MR) is 75.9 cm³/mol. The fourth-order valence-corrected chi connectivity index (χ4v) is 2.84. The number of carbonyl (C=O) groups excluding carboxylic acids is 1. The Labute approximate surface area is 122 Å². The summed E-state index contributed by atoms with van der Waals surface area (Å²) in [6, 6.07) is 4.16. The third-order valence-electron chi connectivity index (χ3n) is 1.94. The SMILES string of the molecule is C=C(Br)CNC(=O)c1ccc(Br)c(S(N)(=O)=O)c1. The maximum absolute atomic E-state index is 11.7. The molecule has 3 N–H and O–H groups in total. The molecule has 0 saturated heterocycles. The molecule has 0 aliphatic rings. The molecular formula is C10H10Br2N2O3S. The molecule has 1 amide bonds. The van der Waals surface area contributed by atoms with E-state index >= 15 is 0 Å². The summed E-state index contributed by atoms with van der Waals surface area (Å²) in [7, 11) is -3.87. The minimum atomic E-state index is -3.87. The van der Waals surface area contributed by atoms with Crippen LogP contribution in [0.3, 0.4) is 0 Å². The third kappa shape index (κ3) is 4.20. The van der Waals surface area contributed by atoms with Crippen LogP contribution in [0.2, 0.25) is 0 Å². The van der Waals surface area contributed by atoms with Crippen molar-refractivity contribution in [3.05, 3.63) is 39.3 Å². The van der Waals surface area contributed by atoms with Crippen molar-refractivity contribution in [1.82, 2.24) is 5.32 Å². The lowest BCUT2D eigenvalue weighted by atomic mass is 10.2. The summed E-state index contributed by atoms with van der Waals surface area (Å²) in [4.78, 5) is 11.6. The van der Waals surface area contributed by atoms with Crippen LogP contribution >= 0.6 is 31.9 Å². The second kappa shape index (κ2) is 5.96. The number of benzene rings is 1. The van der Waals surface area contributed by atoms with Crippen LogP contribution < -0.4 is 10.5 Å². The largest absolute Gasteiger partial charge is 0.347 e. The summed E-state index contributed by atoms with van der Waals surface area (Å²) in [6.07, 6.45) is 0. The monoisotopic (exact) mass is 396 g/mol. The van der Waals surface area contributed by atoms with Gasteiger partial charge in [0, 0.05) is 21.1 Å². The molecule has 0 atom stereocenters. The molecule has 1 aromatic carbocycles. The van der Waals surface area contributed by atoms with E-state index in [0.29, 0.717) is 8.96 Å². The first-order valence-electron chi connectivity index (χ1n) is 4.65. The van der Waals surface area contributed by atoms with Crippen molar-refractivity contribution in [3.8, 4) is 0 Å². The summed E-state index contributed by atoms with van der Waals surface area (Å²) < 4.78 is 23.5. The molecule has 0 spiro atoms. The van der Waals surface area contributed by atoms with Gasteiger partial charge in [-0.2, -0.15) is 0 Å². The number of sulfonamides is 1. The third-order valence-corrected chi connectivity index (χ3v) is 4.13. The van der Waals surface area contributed by atoms with Gasteiger partial charge in [-0.1, -0.05) is 22.5 Å². The second-order valence-electron chi connectivity index (χ2n) is 3.39. The molecule has 0 saturated carbocycles. The molecule has 0 aliphatic carbocycles. The molecule has 18 heavy (non-hydrogen) atoms. The smallest absolute Gasteiger partial charge is 0.251 e. The van der Waals surface area contributed by atoms with Crippen molar-refractivity contribution >= 4 is 47.8 Å². The molecule has 1 aromatic rings. The van der Waals surface area contributed by atoms with Gasteiger partial charge in [0.15, 0.2) is 0 Å². The van der Waals surface area contributed by atoms with Gasteiger partial charge >= 0.3 is 0 Å². The number of nitrogens with two attached hydrogens (primary N) is 1. The zero-order valence-electron chi connectivity index (χ0n) is 9.11. The number of nitrogens with one attached hydrogen (secondary N) is 1. The van der Waals surface area contributed by atoms with Crippen LogP contribution in [0.25, 0.3) is 0 Å². The molecule has 8 heteroatoms. The van der Waals surface area contributed by atoms with Gasteiger partial charge in [-0.05, 0) is 34.1 Å². The van der Waals surface area contributed by atoms with Gasteiger partial charge in [-0.3, -0.25) is 4.79 Å². The number of halogens is 2. The number of hydrogen-bond donors (Lipinski definition) is 2. The van der Waals surface area contributed by atoms with Gasteiger partial charge in [0.1, 0.15) is 0 Å². The molecule has 0 aliphatic heterocycles. The van der Waals surface area contributed by atoms with E-state index in [1.165, 1.54) is 18.2 Å². The molecule has 1 rings (SSSR count). The van der Waals surface area contributed by atoms with E-state index in [1.54, 1.807) is 0 Å². The van der Waals surface area contributed by atoms with Crippen molar-refractivity contribution in [1.29, 1.82) is 0 Å². The predicted octanol–water partition coefficient (Wildman–Crippen LogP) is 1.73. The normalized spacial score (nSPS) is 11.1. The van der Waals surface area contributed by atoms with Crippen LogP contribution in [0.1, 0.15) is 10.4 Å². The Morgan fingerprint density at radius 2 is 2.06 bits per heavy atom. The van der Waals surface area contributed by atoms with E-state index in [1.807, 2.05) is 0 Å². The topological polar surface area (TPSA) is 89.3 Å². The maximum Gasteiger partial charge on any atom is 0.251 e. The average Bonchev–Trinajstić information content (AvgIpc) is 2.24. The van der Waals surface area contributed by atoms with Crippen LogP contribution in [0.15, 0.2) is 38.6 Å². The van der Waals surface area contributed by atoms with Crippen molar-refractivity contribution in [2.24, 2.45) is 5.14 Å². The van der Waals surface area contributed by atoms with E-state index in [-0.39, 0.29) is 17.0 Å². The highest BCUT2D eigenvalue weighted by molar-refractivity contribution is 9.11. The standard InChI is InChI=1S/C10H10Br2N2O3S/c1-6(11)5-14-10(15)7-2-3-8(12)9(4-7)18(13,16)17/h2-4H,1,5H2,(H,14,15)(H2,13,16,17). The number of primary sulfonamides is 1. The van der Waals surface area contributed by atoms with Crippen LogP contribution in [-0.4, -0.2) is 20.9 Å². The Kier molecular flexibility index (Phi) is 5.09. The van der Waals surface area contributed by atoms with Gasteiger partial charge in [0.05, 0.1) is 4.90 Å². The molecule has 98 valence electrons. The molecule has 5 nitrogen and oxygen atoms in total. The van der Waals surface area contributed by atoms with E-state index in [4.69, 9.17) is 5.14 Å². The van der Waals surface area contributed by atoms with Gasteiger partial charge in [0.25, 0.3) is 5.91 Å². The Bertz CT molecular complexity index is 599. The van der Waals surface area contributed by atoms with Crippen molar-refractivity contribution in [3.63, 3.8) is 0 Å². The highest BCUT2D eigenvalue weighted by Crippen LogP contribution is 2.22.